The zero-order valence-corrected chi connectivity index (χ0v) is 10.7. The molecule has 1 aliphatic heterocycles. The van der Waals surface area contributed by atoms with E-state index in [0.717, 1.165) is 5.56 Å². The van der Waals surface area contributed by atoms with Crippen molar-refractivity contribution in [3.05, 3.63) is 34.9 Å². The number of nitrogens with zero attached hydrogens (tertiary/aromatic N) is 1. The number of halogens is 1. The van der Waals surface area contributed by atoms with Crippen molar-refractivity contribution in [2.24, 2.45) is 5.92 Å². The Hall–Kier alpha value is -1.55. The molecule has 1 N–H and O–H groups in total. The zero-order valence-electron chi connectivity index (χ0n) is 9.97. The van der Waals surface area contributed by atoms with Crippen LogP contribution in [0.1, 0.15) is 24.9 Å². The topological polar surface area (TPSA) is 57.6 Å². The predicted octanol–water partition coefficient (Wildman–Crippen LogP) is 2.33. The van der Waals surface area contributed by atoms with Gasteiger partial charge in [0.1, 0.15) is 0 Å². The van der Waals surface area contributed by atoms with Crippen molar-refractivity contribution in [1.82, 2.24) is 4.90 Å². The van der Waals surface area contributed by atoms with Crippen molar-refractivity contribution in [2.75, 3.05) is 6.54 Å². The van der Waals surface area contributed by atoms with Gasteiger partial charge in [-0.05, 0) is 24.6 Å². The van der Waals surface area contributed by atoms with Crippen LogP contribution in [0.3, 0.4) is 0 Å². The predicted molar refractivity (Wildman–Crippen MR) is 67.3 cm³/mol. The van der Waals surface area contributed by atoms with Crippen molar-refractivity contribution in [3.63, 3.8) is 0 Å². The highest BCUT2D eigenvalue weighted by molar-refractivity contribution is 6.30. The Balaban J connectivity index is 2.39. The minimum atomic E-state index is -0.931. The van der Waals surface area contributed by atoms with Crippen molar-refractivity contribution in [2.45, 2.75) is 19.4 Å². The molecule has 0 spiro atoms. The number of aliphatic carboxylic acids is 1. The molecule has 0 radical (unpaired) electrons. The Morgan fingerprint density at radius 3 is 2.56 bits per heavy atom. The van der Waals surface area contributed by atoms with E-state index in [1.807, 2.05) is 6.92 Å². The van der Waals surface area contributed by atoms with E-state index in [-0.39, 0.29) is 12.3 Å². The lowest BCUT2D eigenvalue weighted by Crippen LogP contribution is -2.30. The monoisotopic (exact) mass is 267 g/mol. The van der Waals surface area contributed by atoms with Crippen LogP contribution >= 0.6 is 11.6 Å². The molecule has 18 heavy (non-hydrogen) atoms. The molecule has 2 atom stereocenters. The molecule has 0 saturated carbocycles. The van der Waals surface area contributed by atoms with Crippen molar-refractivity contribution < 1.29 is 14.7 Å². The number of benzene rings is 1. The first-order valence-electron chi connectivity index (χ1n) is 5.82. The Kier molecular flexibility index (Phi) is 3.57. The lowest BCUT2D eigenvalue weighted by Gasteiger charge is -2.26. The summed E-state index contributed by atoms with van der Waals surface area (Å²) in [7, 11) is 0. The summed E-state index contributed by atoms with van der Waals surface area (Å²) < 4.78 is 0. The number of hydrogen-bond acceptors (Lipinski definition) is 2. The van der Waals surface area contributed by atoms with Gasteiger partial charge in [-0.25, -0.2) is 0 Å². The molecule has 1 aromatic carbocycles. The van der Waals surface area contributed by atoms with Gasteiger partial charge in [-0.2, -0.15) is 0 Å². The van der Waals surface area contributed by atoms with E-state index in [0.29, 0.717) is 11.6 Å². The summed E-state index contributed by atoms with van der Waals surface area (Å²) in [4.78, 5) is 24.7. The first kappa shape index (κ1) is 12.9. The first-order chi connectivity index (χ1) is 8.54. The van der Waals surface area contributed by atoms with Gasteiger partial charge in [0.15, 0.2) is 0 Å². The third-order valence-electron chi connectivity index (χ3n) is 3.30. The van der Waals surface area contributed by atoms with Crippen LogP contribution in [-0.2, 0) is 9.59 Å². The quantitative estimate of drug-likeness (QED) is 0.914. The Morgan fingerprint density at radius 2 is 2.06 bits per heavy atom. The van der Waals surface area contributed by atoms with Crippen LogP contribution in [0.15, 0.2) is 24.3 Å². The Morgan fingerprint density at radius 1 is 1.44 bits per heavy atom. The number of amides is 1. The van der Waals surface area contributed by atoms with Gasteiger partial charge in [0.05, 0.1) is 12.0 Å². The molecular weight excluding hydrogens is 254 g/mol. The van der Waals surface area contributed by atoms with E-state index in [1.165, 1.54) is 0 Å². The molecule has 1 saturated heterocycles. The largest absolute Gasteiger partial charge is 0.481 e. The molecule has 2 rings (SSSR count). The fourth-order valence-corrected chi connectivity index (χ4v) is 2.58. The van der Waals surface area contributed by atoms with Crippen LogP contribution < -0.4 is 0 Å². The van der Waals surface area contributed by atoms with Crippen LogP contribution in [0.5, 0.6) is 0 Å². The molecule has 4 nitrogen and oxygen atoms in total. The second-order valence-electron chi connectivity index (χ2n) is 4.32. The molecule has 1 amide bonds. The lowest BCUT2D eigenvalue weighted by molar-refractivity contribution is -0.142. The van der Waals surface area contributed by atoms with Gasteiger partial charge in [-0.15, -0.1) is 0 Å². The summed E-state index contributed by atoms with van der Waals surface area (Å²) in [5, 5.41) is 9.82. The Labute approximate surface area is 110 Å². The van der Waals surface area contributed by atoms with Crippen molar-refractivity contribution in [1.29, 1.82) is 0 Å². The van der Waals surface area contributed by atoms with Crippen LogP contribution in [-0.4, -0.2) is 28.4 Å². The normalized spacial score (nSPS) is 23.4. The summed E-state index contributed by atoms with van der Waals surface area (Å²) in [6.07, 6.45) is 0.0659. The number of carboxylic acids is 1. The summed E-state index contributed by atoms with van der Waals surface area (Å²) in [5.74, 6) is -1.72. The summed E-state index contributed by atoms with van der Waals surface area (Å²) in [6.45, 7) is 2.36. The van der Waals surface area contributed by atoms with Crippen LogP contribution in [0.4, 0.5) is 0 Å². The first-order valence-corrected chi connectivity index (χ1v) is 6.20. The van der Waals surface area contributed by atoms with Crippen molar-refractivity contribution >= 4 is 23.5 Å². The highest BCUT2D eigenvalue weighted by Gasteiger charge is 2.43. The van der Waals surface area contributed by atoms with Gasteiger partial charge in [0.2, 0.25) is 5.91 Å². The second kappa shape index (κ2) is 4.98. The van der Waals surface area contributed by atoms with E-state index in [2.05, 4.69) is 0 Å². The highest BCUT2D eigenvalue weighted by atomic mass is 35.5. The number of likely N-dealkylation sites (tertiary alicyclic amines) is 1. The molecule has 96 valence electrons. The SMILES string of the molecule is CCN1C(=O)C[C@@H](C(=O)O)[C@@H]1c1ccc(Cl)cc1. The molecule has 1 aliphatic rings. The molecule has 1 heterocycles. The molecule has 0 aromatic heterocycles. The van der Waals surface area contributed by atoms with E-state index < -0.39 is 17.9 Å². The molecule has 0 bridgehead atoms. The fraction of sp³-hybridized carbons (Fsp3) is 0.385. The van der Waals surface area contributed by atoms with Gasteiger partial charge < -0.3 is 10.0 Å². The number of carbonyl (C=O) groups excluding carboxylic acids is 1. The van der Waals surface area contributed by atoms with Crippen LogP contribution in [0.25, 0.3) is 0 Å². The Bertz CT molecular complexity index is 472. The maximum atomic E-state index is 11.8. The van der Waals surface area contributed by atoms with Gasteiger partial charge in [0, 0.05) is 18.0 Å². The maximum Gasteiger partial charge on any atom is 0.309 e. The molecule has 0 aliphatic carbocycles. The van der Waals surface area contributed by atoms with Crippen molar-refractivity contribution in [3.8, 4) is 0 Å². The van der Waals surface area contributed by atoms with E-state index in [1.54, 1.807) is 29.2 Å². The van der Waals surface area contributed by atoms with Gasteiger partial charge >= 0.3 is 5.97 Å². The number of rotatable bonds is 3. The van der Waals surface area contributed by atoms with E-state index in [9.17, 15) is 14.7 Å². The molecular formula is C13H14ClNO3. The van der Waals surface area contributed by atoms with Crippen LogP contribution in [0.2, 0.25) is 5.02 Å². The van der Waals surface area contributed by atoms with Gasteiger partial charge in [-0.3, -0.25) is 9.59 Å². The molecule has 0 unspecified atom stereocenters. The smallest absolute Gasteiger partial charge is 0.309 e. The van der Waals surface area contributed by atoms with E-state index in [4.69, 9.17) is 11.6 Å². The van der Waals surface area contributed by atoms with Gasteiger partial charge in [-0.1, -0.05) is 23.7 Å². The second-order valence-corrected chi connectivity index (χ2v) is 4.76. The number of hydrogen-bond donors (Lipinski definition) is 1. The average Bonchev–Trinajstić information content (AvgIpc) is 2.67. The summed E-state index contributed by atoms with van der Waals surface area (Å²) in [5.41, 5.74) is 0.819. The fourth-order valence-electron chi connectivity index (χ4n) is 2.46. The molecule has 1 aromatic rings. The highest BCUT2D eigenvalue weighted by Crippen LogP contribution is 2.38. The third kappa shape index (κ3) is 2.20. The minimum absolute atomic E-state index is 0.0659. The summed E-state index contributed by atoms with van der Waals surface area (Å²) in [6, 6.07) is 6.60. The van der Waals surface area contributed by atoms with Crippen LogP contribution in [0, 0.1) is 5.92 Å². The van der Waals surface area contributed by atoms with E-state index >= 15 is 0 Å². The maximum absolute atomic E-state index is 11.8. The summed E-state index contributed by atoms with van der Waals surface area (Å²) >= 11 is 5.82. The number of carbonyl (C=O) groups is 2. The third-order valence-corrected chi connectivity index (χ3v) is 3.55. The number of carboxylic acid groups (broad SMARTS) is 1. The molecule has 1 fully saturated rings. The average molecular weight is 268 g/mol. The standard InChI is InChI=1S/C13H14ClNO3/c1-2-15-11(16)7-10(13(17)18)12(15)8-3-5-9(14)6-4-8/h3-6,10,12H,2,7H2,1H3,(H,17,18)/t10-,12+/m1/s1. The molecule has 5 heteroatoms. The minimum Gasteiger partial charge on any atom is -0.481 e. The van der Waals surface area contributed by atoms with Gasteiger partial charge in [0.25, 0.3) is 0 Å². The zero-order chi connectivity index (χ0) is 13.3. The lowest BCUT2D eigenvalue weighted by atomic mass is 9.94.